The monoisotopic (exact) mass is 395 g/mol. The first-order valence-electron chi connectivity index (χ1n) is 8.62. The van der Waals surface area contributed by atoms with E-state index < -0.39 is 6.03 Å². The Labute approximate surface area is 167 Å². The third kappa shape index (κ3) is 4.92. The summed E-state index contributed by atoms with van der Waals surface area (Å²) >= 11 is 1.35. The van der Waals surface area contributed by atoms with Crippen molar-refractivity contribution in [3.05, 3.63) is 66.0 Å². The molecule has 0 atom stereocenters. The van der Waals surface area contributed by atoms with Crippen LogP contribution in [0, 0.1) is 13.8 Å². The van der Waals surface area contributed by atoms with Crippen LogP contribution >= 0.6 is 11.8 Å². The molecule has 3 rings (SSSR count). The van der Waals surface area contributed by atoms with Gasteiger partial charge in [-0.1, -0.05) is 23.9 Å². The van der Waals surface area contributed by atoms with Crippen molar-refractivity contribution in [3.8, 4) is 5.69 Å². The number of amides is 3. The van der Waals surface area contributed by atoms with Gasteiger partial charge in [-0.05, 0) is 55.3 Å². The summed E-state index contributed by atoms with van der Waals surface area (Å²) in [5, 5.41) is 6.02. The van der Waals surface area contributed by atoms with Gasteiger partial charge in [0.25, 0.3) is 0 Å². The Bertz CT molecular complexity index is 1020. The Hall–Kier alpha value is -3.26. The van der Waals surface area contributed by atoms with Crippen molar-refractivity contribution in [2.75, 3.05) is 16.4 Å². The quantitative estimate of drug-likeness (QED) is 0.554. The van der Waals surface area contributed by atoms with Crippen molar-refractivity contribution in [2.24, 2.45) is 5.73 Å². The molecule has 2 aromatic carbocycles. The Morgan fingerprint density at radius 2 is 1.82 bits per heavy atom. The SMILES string of the molecule is Cc1ccc(-n2ccnc2SCC(=O)Nc2cccc(NC(N)=O)c2)cc1C. The number of aromatic nitrogens is 2. The fourth-order valence-electron chi connectivity index (χ4n) is 2.61. The van der Waals surface area contributed by atoms with Gasteiger partial charge in [0.15, 0.2) is 5.16 Å². The number of benzene rings is 2. The molecule has 0 aliphatic carbocycles. The molecule has 0 aliphatic heterocycles. The van der Waals surface area contributed by atoms with Crippen LogP contribution in [0.1, 0.15) is 11.1 Å². The first kappa shape index (κ1) is 19.5. The summed E-state index contributed by atoms with van der Waals surface area (Å²) in [4.78, 5) is 27.6. The number of nitrogens with zero attached hydrogens (tertiary/aromatic N) is 2. The minimum absolute atomic E-state index is 0.170. The average Bonchev–Trinajstić information content (AvgIpc) is 3.10. The fourth-order valence-corrected chi connectivity index (χ4v) is 3.39. The second kappa shape index (κ2) is 8.62. The molecule has 28 heavy (non-hydrogen) atoms. The van der Waals surface area contributed by atoms with Crippen LogP contribution < -0.4 is 16.4 Å². The third-order valence-electron chi connectivity index (χ3n) is 4.12. The van der Waals surface area contributed by atoms with Crippen LogP contribution in [0.25, 0.3) is 5.69 Å². The lowest BCUT2D eigenvalue weighted by Gasteiger charge is -2.10. The number of imidazole rings is 1. The summed E-state index contributed by atoms with van der Waals surface area (Å²) in [6.07, 6.45) is 3.59. The number of thioether (sulfide) groups is 1. The molecule has 0 bridgehead atoms. The average molecular weight is 395 g/mol. The van der Waals surface area contributed by atoms with Gasteiger partial charge in [-0.25, -0.2) is 9.78 Å². The highest BCUT2D eigenvalue weighted by Gasteiger charge is 2.10. The van der Waals surface area contributed by atoms with E-state index in [0.717, 1.165) is 10.8 Å². The van der Waals surface area contributed by atoms with Crippen molar-refractivity contribution in [2.45, 2.75) is 19.0 Å². The van der Waals surface area contributed by atoms with Crippen molar-refractivity contribution in [1.82, 2.24) is 9.55 Å². The Morgan fingerprint density at radius 1 is 1.07 bits per heavy atom. The zero-order chi connectivity index (χ0) is 20.1. The molecule has 0 aliphatic rings. The lowest BCUT2D eigenvalue weighted by atomic mass is 10.1. The molecular weight excluding hydrogens is 374 g/mol. The minimum Gasteiger partial charge on any atom is -0.351 e. The van der Waals surface area contributed by atoms with Gasteiger partial charge in [0.05, 0.1) is 5.75 Å². The standard InChI is InChI=1S/C20H21N5O2S/c1-13-6-7-17(10-14(13)2)25-9-8-22-20(25)28-12-18(26)23-15-4-3-5-16(11-15)24-19(21)27/h3-11H,12H2,1-2H3,(H,23,26)(H3,21,24,27). The summed E-state index contributed by atoms with van der Waals surface area (Å²) in [7, 11) is 0. The summed E-state index contributed by atoms with van der Waals surface area (Å²) in [5.41, 5.74) is 9.64. The Kier molecular flexibility index (Phi) is 6.00. The number of carbonyl (C=O) groups excluding carboxylic acids is 2. The van der Waals surface area contributed by atoms with Gasteiger partial charge in [-0.2, -0.15) is 0 Å². The third-order valence-corrected chi connectivity index (χ3v) is 5.09. The van der Waals surface area contributed by atoms with Gasteiger partial charge in [-0.15, -0.1) is 0 Å². The summed E-state index contributed by atoms with van der Waals surface area (Å²) in [6, 6.07) is 12.3. The van der Waals surface area contributed by atoms with Gasteiger partial charge >= 0.3 is 6.03 Å². The van der Waals surface area contributed by atoms with E-state index in [2.05, 4.69) is 41.6 Å². The smallest absolute Gasteiger partial charge is 0.316 e. The van der Waals surface area contributed by atoms with E-state index in [1.54, 1.807) is 30.5 Å². The first-order valence-corrected chi connectivity index (χ1v) is 9.61. The molecule has 7 nitrogen and oxygen atoms in total. The summed E-state index contributed by atoms with van der Waals surface area (Å²) < 4.78 is 1.96. The van der Waals surface area contributed by atoms with Gasteiger partial charge < -0.3 is 16.4 Å². The van der Waals surface area contributed by atoms with Crippen molar-refractivity contribution in [1.29, 1.82) is 0 Å². The van der Waals surface area contributed by atoms with E-state index in [4.69, 9.17) is 5.73 Å². The number of aryl methyl sites for hydroxylation is 2. The van der Waals surface area contributed by atoms with E-state index in [-0.39, 0.29) is 11.7 Å². The lowest BCUT2D eigenvalue weighted by Crippen LogP contribution is -2.19. The molecule has 3 amide bonds. The highest BCUT2D eigenvalue weighted by Crippen LogP contribution is 2.23. The molecule has 0 saturated heterocycles. The normalized spacial score (nSPS) is 10.5. The molecule has 0 radical (unpaired) electrons. The predicted molar refractivity (Wildman–Crippen MR) is 112 cm³/mol. The maximum atomic E-state index is 12.3. The second-order valence-corrected chi connectivity index (χ2v) is 7.20. The number of carbonyl (C=O) groups is 2. The van der Waals surface area contributed by atoms with Crippen LogP contribution in [0.5, 0.6) is 0 Å². The number of hydrogen-bond acceptors (Lipinski definition) is 4. The summed E-state index contributed by atoms with van der Waals surface area (Å²) in [6.45, 7) is 4.14. The number of rotatable bonds is 6. The Balaban J connectivity index is 1.64. The second-order valence-electron chi connectivity index (χ2n) is 6.26. The van der Waals surface area contributed by atoms with E-state index in [1.807, 2.05) is 16.8 Å². The van der Waals surface area contributed by atoms with Crippen molar-refractivity contribution in [3.63, 3.8) is 0 Å². The highest BCUT2D eigenvalue weighted by atomic mass is 32.2. The van der Waals surface area contributed by atoms with Crippen LogP contribution in [0.2, 0.25) is 0 Å². The van der Waals surface area contributed by atoms with E-state index in [9.17, 15) is 9.59 Å². The maximum Gasteiger partial charge on any atom is 0.316 e. The van der Waals surface area contributed by atoms with Crippen LogP contribution in [-0.2, 0) is 4.79 Å². The number of anilines is 2. The van der Waals surface area contributed by atoms with Crippen LogP contribution in [0.3, 0.4) is 0 Å². The van der Waals surface area contributed by atoms with Gasteiger partial charge in [0, 0.05) is 29.5 Å². The minimum atomic E-state index is -0.655. The molecule has 1 aromatic heterocycles. The van der Waals surface area contributed by atoms with Crippen LogP contribution in [0.4, 0.5) is 16.2 Å². The number of primary amides is 1. The topological polar surface area (TPSA) is 102 Å². The van der Waals surface area contributed by atoms with Crippen molar-refractivity contribution < 1.29 is 9.59 Å². The molecule has 8 heteroatoms. The molecule has 0 saturated carbocycles. The molecule has 4 N–H and O–H groups in total. The molecule has 144 valence electrons. The van der Waals surface area contributed by atoms with Gasteiger partial charge in [0.2, 0.25) is 5.91 Å². The molecular formula is C20H21N5O2S. The zero-order valence-corrected chi connectivity index (χ0v) is 16.4. The molecule has 0 unspecified atom stereocenters. The first-order chi connectivity index (χ1) is 13.4. The van der Waals surface area contributed by atoms with E-state index in [1.165, 1.54) is 22.9 Å². The van der Waals surface area contributed by atoms with Crippen LogP contribution in [0.15, 0.2) is 60.0 Å². The Morgan fingerprint density at radius 3 is 2.54 bits per heavy atom. The fraction of sp³-hybridized carbons (Fsp3) is 0.150. The molecule has 0 fully saturated rings. The van der Waals surface area contributed by atoms with E-state index in [0.29, 0.717) is 11.4 Å². The molecule has 3 aromatic rings. The zero-order valence-electron chi connectivity index (χ0n) is 15.6. The number of nitrogens with two attached hydrogens (primary N) is 1. The molecule has 1 heterocycles. The maximum absolute atomic E-state index is 12.3. The van der Waals surface area contributed by atoms with E-state index >= 15 is 0 Å². The van der Waals surface area contributed by atoms with Gasteiger partial charge in [0.1, 0.15) is 0 Å². The predicted octanol–water partition coefficient (Wildman–Crippen LogP) is 3.71. The van der Waals surface area contributed by atoms with Crippen molar-refractivity contribution >= 4 is 35.1 Å². The van der Waals surface area contributed by atoms with Gasteiger partial charge in [-0.3, -0.25) is 9.36 Å². The number of nitrogens with one attached hydrogen (secondary N) is 2. The lowest BCUT2D eigenvalue weighted by molar-refractivity contribution is -0.113. The number of urea groups is 1. The summed E-state index contributed by atoms with van der Waals surface area (Å²) in [5.74, 6) is 0.0332. The largest absolute Gasteiger partial charge is 0.351 e. The number of hydrogen-bond donors (Lipinski definition) is 3. The molecule has 0 spiro atoms. The van der Waals surface area contributed by atoms with Crippen LogP contribution in [-0.4, -0.2) is 27.2 Å². The highest BCUT2D eigenvalue weighted by molar-refractivity contribution is 7.99.